The third kappa shape index (κ3) is 6.30. The molecule has 2 aliphatic heterocycles. The Kier molecular flexibility index (Phi) is 8.35. The number of amides is 1. The summed E-state index contributed by atoms with van der Waals surface area (Å²) >= 11 is 6.30. The molecule has 5 atom stereocenters. The molecule has 0 unspecified atom stereocenters. The van der Waals surface area contributed by atoms with Crippen molar-refractivity contribution in [3.8, 4) is 5.75 Å². The number of aliphatic hydroxyl groups excluding tert-OH is 1. The molecular weight excluding hydrogens is 560 g/mol. The summed E-state index contributed by atoms with van der Waals surface area (Å²) in [6, 6.07) is 11.1. The zero-order valence-electron chi connectivity index (χ0n) is 23.3. The van der Waals surface area contributed by atoms with E-state index in [1.165, 1.54) is 5.56 Å². The number of sulfonamides is 1. The molecule has 7 nitrogen and oxygen atoms in total. The van der Waals surface area contributed by atoms with Crippen molar-refractivity contribution in [3.05, 3.63) is 70.3 Å². The van der Waals surface area contributed by atoms with Gasteiger partial charge in [0.05, 0.1) is 17.0 Å². The van der Waals surface area contributed by atoms with Gasteiger partial charge in [-0.25, -0.2) is 13.1 Å². The highest BCUT2D eigenvalue weighted by molar-refractivity contribution is 7.90. The second kappa shape index (κ2) is 12.0. The first kappa shape index (κ1) is 28.6. The van der Waals surface area contributed by atoms with E-state index >= 15 is 0 Å². The number of hydrogen-bond donors (Lipinski definition) is 2. The molecule has 2 heterocycles. The first-order valence-electron chi connectivity index (χ1n) is 15.0. The highest BCUT2D eigenvalue weighted by Crippen LogP contribution is 2.41. The monoisotopic (exact) mass is 598 g/mol. The quantitative estimate of drug-likeness (QED) is 0.381. The lowest BCUT2D eigenvalue weighted by Gasteiger charge is -2.42. The van der Waals surface area contributed by atoms with Crippen LogP contribution in [-0.4, -0.2) is 43.9 Å². The summed E-state index contributed by atoms with van der Waals surface area (Å²) in [6.45, 7) is 1.86. The maximum Gasteiger partial charge on any atom is 0.264 e. The van der Waals surface area contributed by atoms with Crippen LogP contribution in [0.5, 0.6) is 5.75 Å². The van der Waals surface area contributed by atoms with Gasteiger partial charge in [0.1, 0.15) is 12.4 Å². The van der Waals surface area contributed by atoms with Gasteiger partial charge in [-0.2, -0.15) is 0 Å². The number of carbonyl (C=O) groups excluding carboxylic acids is 1. The lowest BCUT2D eigenvalue weighted by molar-refractivity contribution is 0.0459. The van der Waals surface area contributed by atoms with Gasteiger partial charge >= 0.3 is 0 Å². The maximum atomic E-state index is 13.4. The SMILES string of the molecule is O=C1NS(=O)(=O)[C@H]2CCC[C@H](/C=C/[C@H](O)[C@@H]3CC[C@H]3CN3CCCCc4cc(Cl)ccc4COc4ccc1cc43)C2. The second-order valence-electron chi connectivity index (χ2n) is 12.2. The molecule has 4 bridgehead atoms. The van der Waals surface area contributed by atoms with Gasteiger partial charge in [-0.05, 0) is 111 Å². The topological polar surface area (TPSA) is 95.9 Å². The Labute approximate surface area is 248 Å². The molecule has 0 aromatic heterocycles. The molecule has 2 N–H and O–H groups in total. The molecule has 1 amide bonds. The largest absolute Gasteiger partial charge is 0.487 e. The number of benzene rings is 2. The number of aliphatic hydroxyl groups is 1. The molecule has 2 aromatic rings. The molecule has 9 heteroatoms. The van der Waals surface area contributed by atoms with E-state index in [9.17, 15) is 18.3 Å². The van der Waals surface area contributed by atoms with Gasteiger partial charge in [-0.15, -0.1) is 0 Å². The highest BCUT2D eigenvalue weighted by atomic mass is 35.5. The third-order valence-corrected chi connectivity index (χ3v) is 11.5. The summed E-state index contributed by atoms with van der Waals surface area (Å²) in [6.07, 6.45) is 10.8. The Morgan fingerprint density at radius 3 is 2.68 bits per heavy atom. The average molecular weight is 599 g/mol. The molecule has 220 valence electrons. The van der Waals surface area contributed by atoms with E-state index in [0.717, 1.165) is 69.3 Å². The van der Waals surface area contributed by atoms with Crippen LogP contribution in [0.2, 0.25) is 5.02 Å². The molecule has 41 heavy (non-hydrogen) atoms. The zero-order valence-corrected chi connectivity index (χ0v) is 24.9. The Balaban J connectivity index is 1.38. The van der Waals surface area contributed by atoms with Crippen molar-refractivity contribution in [1.29, 1.82) is 0 Å². The van der Waals surface area contributed by atoms with E-state index in [1.807, 2.05) is 30.4 Å². The summed E-state index contributed by atoms with van der Waals surface area (Å²) in [7, 11) is -3.85. The van der Waals surface area contributed by atoms with E-state index in [4.69, 9.17) is 16.3 Å². The molecule has 2 aliphatic carbocycles. The second-order valence-corrected chi connectivity index (χ2v) is 14.6. The summed E-state index contributed by atoms with van der Waals surface area (Å²) in [4.78, 5) is 15.6. The molecular formula is C32H39ClN2O5S. The summed E-state index contributed by atoms with van der Waals surface area (Å²) in [5.74, 6) is 0.592. The number of allylic oxidation sites excluding steroid dienone is 1. The molecule has 0 spiro atoms. The fraction of sp³-hybridized carbons (Fsp3) is 0.531. The van der Waals surface area contributed by atoms with Gasteiger partial charge in [0.25, 0.3) is 5.91 Å². The Morgan fingerprint density at radius 1 is 0.976 bits per heavy atom. The first-order chi connectivity index (χ1) is 19.8. The summed E-state index contributed by atoms with van der Waals surface area (Å²) < 4.78 is 35.3. The van der Waals surface area contributed by atoms with Crippen LogP contribution in [0, 0.1) is 17.8 Å². The predicted molar refractivity (Wildman–Crippen MR) is 161 cm³/mol. The van der Waals surface area contributed by atoms with Crippen LogP contribution in [0.25, 0.3) is 0 Å². The van der Waals surface area contributed by atoms with Gasteiger partial charge in [-0.1, -0.05) is 36.2 Å². The van der Waals surface area contributed by atoms with E-state index in [-0.39, 0.29) is 11.8 Å². The van der Waals surface area contributed by atoms with Crippen LogP contribution in [0.4, 0.5) is 5.69 Å². The fourth-order valence-electron chi connectivity index (χ4n) is 6.96. The minimum Gasteiger partial charge on any atom is -0.487 e. The number of fused-ring (bicyclic) bond motifs is 5. The van der Waals surface area contributed by atoms with Gasteiger partial charge in [0.2, 0.25) is 10.0 Å². The average Bonchev–Trinajstić information content (AvgIpc) is 2.97. The standard InChI is InChI=1S/C32H39ClN2O5S/c33-26-11-8-25-20-40-31-14-10-23-18-29(31)35(15-2-1-5-22(25)17-26)19-24-9-12-28(24)30(36)13-7-21-4-3-6-27(16-21)41(38,39)34-32(23)37/h7-8,10-11,13-14,17-18,21,24,27-28,30,36H,1-6,9,12,15-16,19-20H2,(H,34,37)/b13-7+/t21-,24+,27+,28-,30+/m1/s1. The number of rotatable bonds is 0. The summed E-state index contributed by atoms with van der Waals surface area (Å²) in [5, 5.41) is 11.2. The number of nitrogens with one attached hydrogen (secondary N) is 1. The maximum absolute atomic E-state index is 13.4. The number of nitrogens with zero attached hydrogens (tertiary/aromatic N) is 1. The minimum atomic E-state index is -3.85. The fourth-order valence-corrected chi connectivity index (χ4v) is 8.67. The Morgan fingerprint density at radius 2 is 1.85 bits per heavy atom. The van der Waals surface area contributed by atoms with Crippen LogP contribution in [0.3, 0.4) is 0 Å². The zero-order chi connectivity index (χ0) is 28.6. The number of ether oxygens (including phenoxy) is 1. The number of hydrogen-bond acceptors (Lipinski definition) is 6. The van der Waals surface area contributed by atoms with Crippen molar-refractivity contribution >= 4 is 33.2 Å². The molecule has 0 radical (unpaired) electrons. The lowest BCUT2D eigenvalue weighted by atomic mass is 9.70. The first-order valence-corrected chi connectivity index (χ1v) is 16.9. The third-order valence-electron chi connectivity index (χ3n) is 9.53. The van der Waals surface area contributed by atoms with Crippen molar-refractivity contribution < 1.29 is 23.1 Å². The summed E-state index contributed by atoms with van der Waals surface area (Å²) in [5.41, 5.74) is 3.34. The Hall–Kier alpha value is -2.55. The van der Waals surface area contributed by atoms with Gasteiger partial charge in [0.15, 0.2) is 0 Å². The number of carbonyl (C=O) groups is 1. The number of aryl methyl sites for hydroxylation is 1. The van der Waals surface area contributed by atoms with Gasteiger partial charge in [0, 0.05) is 23.7 Å². The van der Waals surface area contributed by atoms with Crippen LogP contribution in [-0.2, 0) is 23.1 Å². The normalized spacial score (nSPS) is 30.7. The van der Waals surface area contributed by atoms with Gasteiger partial charge < -0.3 is 14.7 Å². The predicted octanol–water partition coefficient (Wildman–Crippen LogP) is 5.64. The molecule has 0 saturated heterocycles. The minimum absolute atomic E-state index is 0.0783. The Bertz CT molecular complexity index is 1430. The molecule has 4 aliphatic rings. The van der Waals surface area contributed by atoms with E-state index in [0.29, 0.717) is 41.7 Å². The van der Waals surface area contributed by atoms with Crippen LogP contribution >= 0.6 is 11.6 Å². The van der Waals surface area contributed by atoms with E-state index < -0.39 is 27.3 Å². The van der Waals surface area contributed by atoms with Crippen LogP contribution < -0.4 is 14.4 Å². The highest BCUT2D eigenvalue weighted by Gasteiger charge is 2.38. The van der Waals surface area contributed by atoms with Crippen LogP contribution in [0.1, 0.15) is 72.9 Å². The van der Waals surface area contributed by atoms with Crippen molar-refractivity contribution in [1.82, 2.24) is 4.72 Å². The molecule has 2 saturated carbocycles. The molecule has 2 fully saturated rings. The lowest BCUT2D eigenvalue weighted by Crippen LogP contribution is -2.43. The van der Waals surface area contributed by atoms with Crippen LogP contribution in [0.15, 0.2) is 48.6 Å². The number of halogens is 1. The van der Waals surface area contributed by atoms with Crippen molar-refractivity contribution in [2.45, 2.75) is 75.7 Å². The van der Waals surface area contributed by atoms with Gasteiger partial charge in [-0.3, -0.25) is 4.79 Å². The smallest absolute Gasteiger partial charge is 0.264 e. The van der Waals surface area contributed by atoms with Crippen molar-refractivity contribution in [2.24, 2.45) is 17.8 Å². The van der Waals surface area contributed by atoms with E-state index in [2.05, 4.69) is 9.62 Å². The van der Waals surface area contributed by atoms with E-state index in [1.54, 1.807) is 18.2 Å². The molecule has 6 rings (SSSR count). The number of anilines is 1. The van der Waals surface area contributed by atoms with Crippen molar-refractivity contribution in [2.75, 3.05) is 18.0 Å². The van der Waals surface area contributed by atoms with Crippen molar-refractivity contribution in [3.63, 3.8) is 0 Å². The molecule has 2 aromatic carbocycles.